The molecule has 1 amide bonds. The number of rotatable bonds is 5. The number of nitrogens with one attached hydrogen (secondary N) is 1. The van der Waals surface area contributed by atoms with Gasteiger partial charge in [-0.15, -0.1) is 0 Å². The minimum absolute atomic E-state index is 0.0439. The van der Waals surface area contributed by atoms with E-state index >= 15 is 0 Å². The summed E-state index contributed by atoms with van der Waals surface area (Å²) in [5, 5.41) is 3.57. The molecule has 4 rings (SSSR count). The molecule has 2 aromatic heterocycles. The van der Waals surface area contributed by atoms with Crippen molar-refractivity contribution >= 4 is 16.8 Å². The number of hydrogen-bond acceptors (Lipinski definition) is 3. The Morgan fingerprint density at radius 3 is 3.00 bits per heavy atom. The first-order chi connectivity index (χ1) is 12.1. The standard InChI is InChI=1S/C20H20N2O3/c1-13(7-8-15-5-3-11-25-15)21-20(24)17-12-22-10-9-14-4-2-6-16(18(14)22)19(17)23/h2-6,11-13H,7-10H2,1H3,(H,21,24). The van der Waals surface area contributed by atoms with Crippen molar-refractivity contribution in [3.8, 4) is 0 Å². The number of aromatic nitrogens is 1. The molecule has 0 fully saturated rings. The van der Waals surface area contributed by atoms with E-state index in [-0.39, 0.29) is 22.9 Å². The highest BCUT2D eigenvalue weighted by atomic mass is 16.3. The number of nitrogens with zero attached hydrogens (tertiary/aromatic N) is 1. The van der Waals surface area contributed by atoms with Gasteiger partial charge in [0.25, 0.3) is 5.91 Å². The van der Waals surface area contributed by atoms with Crippen molar-refractivity contribution in [3.05, 3.63) is 69.9 Å². The maximum absolute atomic E-state index is 12.7. The fraction of sp³-hybridized carbons (Fsp3) is 0.300. The zero-order valence-corrected chi connectivity index (χ0v) is 14.1. The topological polar surface area (TPSA) is 64.2 Å². The van der Waals surface area contributed by atoms with E-state index in [1.165, 1.54) is 5.56 Å². The summed E-state index contributed by atoms with van der Waals surface area (Å²) in [5.41, 5.74) is 2.17. The molecule has 0 radical (unpaired) electrons. The molecule has 1 atom stereocenters. The van der Waals surface area contributed by atoms with Crippen molar-refractivity contribution in [3.63, 3.8) is 0 Å². The predicted molar refractivity (Wildman–Crippen MR) is 95.9 cm³/mol. The van der Waals surface area contributed by atoms with Crippen LogP contribution in [0.15, 0.2) is 52.0 Å². The number of carbonyl (C=O) groups is 1. The summed E-state index contributed by atoms with van der Waals surface area (Å²) < 4.78 is 7.33. The molecule has 0 aliphatic carbocycles. The Kier molecular flexibility index (Phi) is 3.92. The van der Waals surface area contributed by atoms with Gasteiger partial charge in [-0.2, -0.15) is 0 Å². The second kappa shape index (κ2) is 6.24. The zero-order chi connectivity index (χ0) is 17.4. The van der Waals surface area contributed by atoms with E-state index in [1.54, 1.807) is 18.5 Å². The van der Waals surface area contributed by atoms with E-state index in [9.17, 15) is 9.59 Å². The van der Waals surface area contributed by atoms with Crippen LogP contribution in [0.2, 0.25) is 0 Å². The van der Waals surface area contributed by atoms with Gasteiger partial charge in [0.05, 0.1) is 11.8 Å². The Balaban J connectivity index is 1.55. The number of para-hydroxylation sites is 1. The number of amides is 1. The first-order valence-electron chi connectivity index (χ1n) is 8.62. The predicted octanol–water partition coefficient (Wildman–Crippen LogP) is 2.90. The highest BCUT2D eigenvalue weighted by Crippen LogP contribution is 2.23. The van der Waals surface area contributed by atoms with Crippen molar-refractivity contribution in [1.82, 2.24) is 9.88 Å². The van der Waals surface area contributed by atoms with Crippen molar-refractivity contribution in [2.75, 3.05) is 0 Å². The number of furan rings is 1. The van der Waals surface area contributed by atoms with E-state index in [1.807, 2.05) is 35.8 Å². The summed E-state index contributed by atoms with van der Waals surface area (Å²) in [7, 11) is 0. The van der Waals surface area contributed by atoms with E-state index in [4.69, 9.17) is 4.42 Å². The normalized spacial score (nSPS) is 14.0. The molecule has 3 aromatic rings. The molecule has 1 aliphatic rings. The molecule has 1 aromatic carbocycles. The van der Waals surface area contributed by atoms with Gasteiger partial charge in [-0.05, 0) is 43.5 Å². The molecule has 0 saturated carbocycles. The molecule has 1 N–H and O–H groups in total. The van der Waals surface area contributed by atoms with Gasteiger partial charge < -0.3 is 14.3 Å². The number of pyridine rings is 1. The van der Waals surface area contributed by atoms with E-state index in [0.717, 1.165) is 37.1 Å². The number of hydrogen-bond donors (Lipinski definition) is 1. The van der Waals surface area contributed by atoms with E-state index in [0.29, 0.717) is 5.39 Å². The van der Waals surface area contributed by atoms with Crippen LogP contribution in [-0.4, -0.2) is 16.5 Å². The second-order valence-electron chi connectivity index (χ2n) is 6.62. The van der Waals surface area contributed by atoms with Crippen LogP contribution in [0.25, 0.3) is 10.9 Å². The highest BCUT2D eigenvalue weighted by molar-refractivity contribution is 5.98. The first-order valence-corrected chi connectivity index (χ1v) is 8.62. The van der Waals surface area contributed by atoms with Gasteiger partial charge in [0.15, 0.2) is 0 Å². The van der Waals surface area contributed by atoms with Gasteiger partial charge in [0.1, 0.15) is 11.3 Å². The molecule has 5 heteroatoms. The van der Waals surface area contributed by atoms with Gasteiger partial charge in [0.2, 0.25) is 5.43 Å². The van der Waals surface area contributed by atoms with Crippen LogP contribution in [0.4, 0.5) is 0 Å². The SMILES string of the molecule is CC(CCc1ccco1)NC(=O)c1cn2c3c(cccc3c1=O)CC2. The molecule has 0 bridgehead atoms. The van der Waals surface area contributed by atoms with Gasteiger partial charge >= 0.3 is 0 Å². The van der Waals surface area contributed by atoms with Crippen LogP contribution >= 0.6 is 0 Å². The van der Waals surface area contributed by atoms with Crippen molar-refractivity contribution in [1.29, 1.82) is 0 Å². The fourth-order valence-corrected chi connectivity index (χ4v) is 3.51. The van der Waals surface area contributed by atoms with Crippen LogP contribution in [0.5, 0.6) is 0 Å². The third kappa shape index (κ3) is 2.86. The molecule has 0 saturated heterocycles. The Hall–Kier alpha value is -2.82. The summed E-state index contributed by atoms with van der Waals surface area (Å²) in [4.78, 5) is 25.4. The average molecular weight is 336 g/mol. The molecule has 1 aliphatic heterocycles. The molecule has 128 valence electrons. The van der Waals surface area contributed by atoms with Gasteiger partial charge in [-0.25, -0.2) is 0 Å². The second-order valence-corrected chi connectivity index (χ2v) is 6.62. The third-order valence-electron chi connectivity index (χ3n) is 4.83. The third-order valence-corrected chi connectivity index (χ3v) is 4.83. The summed E-state index contributed by atoms with van der Waals surface area (Å²) >= 11 is 0. The summed E-state index contributed by atoms with van der Waals surface area (Å²) in [5.74, 6) is 0.590. The maximum Gasteiger partial charge on any atom is 0.256 e. The number of aryl methyl sites for hydroxylation is 3. The Labute approximate surface area is 145 Å². The monoisotopic (exact) mass is 336 g/mol. The lowest BCUT2D eigenvalue weighted by molar-refractivity contribution is 0.0936. The van der Waals surface area contributed by atoms with E-state index in [2.05, 4.69) is 5.32 Å². The Bertz CT molecular complexity index is 986. The highest BCUT2D eigenvalue weighted by Gasteiger charge is 2.21. The molecule has 5 nitrogen and oxygen atoms in total. The van der Waals surface area contributed by atoms with Crippen LogP contribution in [0, 0.1) is 0 Å². The first kappa shape index (κ1) is 15.7. The number of benzene rings is 1. The summed E-state index contributed by atoms with van der Waals surface area (Å²) in [6.07, 6.45) is 5.76. The smallest absolute Gasteiger partial charge is 0.256 e. The lowest BCUT2D eigenvalue weighted by Gasteiger charge is -2.14. The summed E-state index contributed by atoms with van der Waals surface area (Å²) in [6, 6.07) is 9.47. The van der Waals surface area contributed by atoms with Crippen molar-refractivity contribution in [2.45, 2.75) is 38.8 Å². The van der Waals surface area contributed by atoms with E-state index < -0.39 is 0 Å². The van der Waals surface area contributed by atoms with Gasteiger partial charge in [-0.1, -0.05) is 12.1 Å². The number of carbonyl (C=O) groups excluding carboxylic acids is 1. The van der Waals surface area contributed by atoms with Crippen LogP contribution in [-0.2, 0) is 19.4 Å². The van der Waals surface area contributed by atoms with Gasteiger partial charge in [0, 0.05) is 30.6 Å². The summed E-state index contributed by atoms with van der Waals surface area (Å²) in [6.45, 7) is 2.75. The quantitative estimate of drug-likeness (QED) is 0.779. The van der Waals surface area contributed by atoms with Gasteiger partial charge in [-0.3, -0.25) is 9.59 Å². The lowest BCUT2D eigenvalue weighted by Crippen LogP contribution is -2.36. The average Bonchev–Trinajstić information content (AvgIpc) is 3.26. The largest absolute Gasteiger partial charge is 0.469 e. The van der Waals surface area contributed by atoms with Crippen molar-refractivity contribution in [2.24, 2.45) is 0 Å². The minimum atomic E-state index is -0.306. The molecular weight excluding hydrogens is 316 g/mol. The lowest BCUT2D eigenvalue weighted by atomic mass is 10.1. The molecule has 0 spiro atoms. The fourth-order valence-electron chi connectivity index (χ4n) is 3.51. The Morgan fingerprint density at radius 2 is 2.20 bits per heavy atom. The molecular formula is C20H20N2O3. The maximum atomic E-state index is 12.7. The Morgan fingerprint density at radius 1 is 1.32 bits per heavy atom. The van der Waals surface area contributed by atoms with Crippen LogP contribution in [0.3, 0.4) is 0 Å². The molecule has 1 unspecified atom stereocenters. The zero-order valence-electron chi connectivity index (χ0n) is 14.1. The van der Waals surface area contributed by atoms with Crippen molar-refractivity contribution < 1.29 is 9.21 Å². The molecule has 25 heavy (non-hydrogen) atoms. The minimum Gasteiger partial charge on any atom is -0.469 e. The van der Waals surface area contributed by atoms with Crippen LogP contribution in [0.1, 0.15) is 35.0 Å². The molecule has 3 heterocycles. The van der Waals surface area contributed by atoms with Crippen LogP contribution < -0.4 is 10.7 Å².